The number of rotatable bonds is 8. The molecule has 0 aliphatic rings. The molecule has 0 aliphatic carbocycles. The standard InChI is InChI=1S/C21H19F6NO4S/c1-32-19(30)17(7-8-33(31)16-5-3-2-4-6-16)28-18(29)11-13-9-14(20(22,23)24)12-15(10-13)21(25,26)27/h2-6,9-10,12,17H,7-8,11H2,1H3,(H,28,29)/t17-,33+/m0/s1. The zero-order valence-corrected chi connectivity index (χ0v) is 17.9. The van der Waals surface area contributed by atoms with Gasteiger partial charge in [-0.05, 0) is 42.3 Å². The molecule has 2 aromatic rings. The molecule has 2 atom stereocenters. The van der Waals surface area contributed by atoms with Crippen molar-refractivity contribution < 1.29 is 44.9 Å². The monoisotopic (exact) mass is 495 g/mol. The van der Waals surface area contributed by atoms with Gasteiger partial charge in [-0.3, -0.25) is 9.00 Å². The van der Waals surface area contributed by atoms with Crippen LogP contribution in [0.4, 0.5) is 26.3 Å². The molecule has 0 aliphatic heterocycles. The molecule has 5 nitrogen and oxygen atoms in total. The van der Waals surface area contributed by atoms with E-state index in [4.69, 9.17) is 0 Å². The maximum Gasteiger partial charge on any atom is 0.416 e. The highest BCUT2D eigenvalue weighted by molar-refractivity contribution is 7.85. The molecule has 1 amide bonds. The van der Waals surface area contributed by atoms with Crippen LogP contribution in [0.25, 0.3) is 0 Å². The van der Waals surface area contributed by atoms with E-state index in [9.17, 15) is 40.1 Å². The first-order valence-corrected chi connectivity index (χ1v) is 10.7. The minimum Gasteiger partial charge on any atom is -0.467 e. The zero-order valence-electron chi connectivity index (χ0n) is 17.1. The van der Waals surface area contributed by atoms with Crippen molar-refractivity contribution >= 4 is 22.7 Å². The van der Waals surface area contributed by atoms with Crippen molar-refractivity contribution in [2.45, 2.75) is 36.1 Å². The van der Waals surface area contributed by atoms with Crippen LogP contribution in [0, 0.1) is 0 Å². The molecule has 0 bridgehead atoms. The number of alkyl halides is 6. The Kier molecular flexibility index (Phi) is 8.64. The number of carbonyl (C=O) groups is 2. The summed E-state index contributed by atoms with van der Waals surface area (Å²) in [4.78, 5) is 24.8. The highest BCUT2D eigenvalue weighted by atomic mass is 32.2. The number of hydrogen-bond donors (Lipinski definition) is 1. The average Bonchev–Trinajstić information content (AvgIpc) is 2.75. The Morgan fingerprint density at radius 2 is 1.52 bits per heavy atom. The van der Waals surface area contributed by atoms with Gasteiger partial charge in [0.15, 0.2) is 0 Å². The summed E-state index contributed by atoms with van der Waals surface area (Å²) in [6.45, 7) is 0. The Hall–Kier alpha value is -2.89. The predicted octanol–water partition coefficient (Wildman–Crippen LogP) is 4.12. The summed E-state index contributed by atoms with van der Waals surface area (Å²) < 4.78 is 94.9. The van der Waals surface area contributed by atoms with Crippen LogP contribution in [0.5, 0.6) is 0 Å². The lowest BCUT2D eigenvalue weighted by atomic mass is 10.0. The molecule has 0 unspecified atom stereocenters. The van der Waals surface area contributed by atoms with Crippen molar-refractivity contribution in [1.29, 1.82) is 0 Å². The Labute approximate surface area is 187 Å². The Bertz CT molecular complexity index is 976. The number of nitrogens with one attached hydrogen (secondary N) is 1. The van der Waals surface area contributed by atoms with Gasteiger partial charge in [0.1, 0.15) is 6.04 Å². The molecule has 0 fully saturated rings. The SMILES string of the molecule is COC(=O)[C@H](CC[S@@](=O)c1ccccc1)NC(=O)Cc1cc(C(F)(F)F)cc(C(F)(F)F)c1. The van der Waals surface area contributed by atoms with Gasteiger partial charge in [0.2, 0.25) is 5.91 Å². The summed E-state index contributed by atoms with van der Waals surface area (Å²) >= 11 is 0. The Morgan fingerprint density at radius 3 is 2.00 bits per heavy atom. The van der Waals surface area contributed by atoms with Crippen LogP contribution >= 0.6 is 0 Å². The van der Waals surface area contributed by atoms with E-state index in [1.165, 1.54) is 0 Å². The molecule has 0 saturated heterocycles. The maximum absolute atomic E-state index is 13.0. The summed E-state index contributed by atoms with van der Waals surface area (Å²) in [6.07, 6.45) is -11.1. The van der Waals surface area contributed by atoms with E-state index < -0.39 is 64.2 Å². The topological polar surface area (TPSA) is 72.5 Å². The molecule has 33 heavy (non-hydrogen) atoms. The summed E-state index contributed by atoms with van der Waals surface area (Å²) in [7, 11) is -0.471. The van der Waals surface area contributed by atoms with Gasteiger partial charge in [0.25, 0.3) is 0 Å². The molecule has 0 spiro atoms. The average molecular weight is 495 g/mol. The van der Waals surface area contributed by atoms with Gasteiger partial charge in [0.05, 0.1) is 35.5 Å². The van der Waals surface area contributed by atoms with Crippen molar-refractivity contribution in [2.24, 2.45) is 0 Å². The van der Waals surface area contributed by atoms with E-state index in [2.05, 4.69) is 10.1 Å². The van der Waals surface area contributed by atoms with Crippen LogP contribution in [-0.4, -0.2) is 35.0 Å². The van der Waals surface area contributed by atoms with E-state index in [0.29, 0.717) is 17.0 Å². The third-order valence-corrected chi connectivity index (χ3v) is 5.84. The summed E-state index contributed by atoms with van der Waals surface area (Å²) in [6, 6.07) is 7.80. The molecule has 0 heterocycles. The highest BCUT2D eigenvalue weighted by Crippen LogP contribution is 2.36. The second kappa shape index (κ2) is 10.8. The van der Waals surface area contributed by atoms with Crippen LogP contribution in [0.2, 0.25) is 0 Å². The lowest BCUT2D eigenvalue weighted by Crippen LogP contribution is -2.43. The molecular formula is C21H19F6NO4S. The fraction of sp³-hybridized carbons (Fsp3) is 0.333. The number of amides is 1. The van der Waals surface area contributed by atoms with Crippen LogP contribution in [0.15, 0.2) is 53.4 Å². The number of carbonyl (C=O) groups excluding carboxylic acids is 2. The summed E-state index contributed by atoms with van der Waals surface area (Å²) in [5, 5.41) is 2.23. The molecule has 0 saturated carbocycles. The summed E-state index contributed by atoms with van der Waals surface area (Å²) in [5.74, 6) is -1.94. The number of benzene rings is 2. The second-order valence-corrected chi connectivity index (χ2v) is 8.46. The van der Waals surface area contributed by atoms with E-state index in [1.54, 1.807) is 30.3 Å². The van der Waals surface area contributed by atoms with Gasteiger partial charge in [-0.2, -0.15) is 26.3 Å². The van der Waals surface area contributed by atoms with Crippen molar-refractivity contribution in [3.63, 3.8) is 0 Å². The highest BCUT2D eigenvalue weighted by Gasteiger charge is 2.37. The molecule has 1 N–H and O–H groups in total. The van der Waals surface area contributed by atoms with Crippen LogP contribution in [0.1, 0.15) is 23.1 Å². The van der Waals surface area contributed by atoms with E-state index >= 15 is 0 Å². The molecule has 2 rings (SSSR count). The van der Waals surface area contributed by atoms with Crippen LogP contribution in [-0.2, 0) is 43.9 Å². The molecular weight excluding hydrogens is 476 g/mol. The van der Waals surface area contributed by atoms with Crippen LogP contribution in [0.3, 0.4) is 0 Å². The van der Waals surface area contributed by atoms with Crippen molar-refractivity contribution in [1.82, 2.24) is 5.32 Å². The Morgan fingerprint density at radius 1 is 0.970 bits per heavy atom. The number of halogens is 6. The largest absolute Gasteiger partial charge is 0.467 e. The Balaban J connectivity index is 2.15. The number of methoxy groups -OCH3 is 1. The van der Waals surface area contributed by atoms with E-state index in [-0.39, 0.29) is 18.2 Å². The molecule has 0 aromatic heterocycles. The molecule has 0 radical (unpaired) electrons. The quantitative estimate of drug-likeness (QED) is 0.442. The van der Waals surface area contributed by atoms with Crippen LogP contribution < -0.4 is 5.32 Å². The lowest BCUT2D eigenvalue weighted by Gasteiger charge is -2.17. The first-order valence-electron chi connectivity index (χ1n) is 9.40. The lowest BCUT2D eigenvalue weighted by molar-refractivity contribution is -0.145. The van der Waals surface area contributed by atoms with Gasteiger partial charge >= 0.3 is 18.3 Å². The van der Waals surface area contributed by atoms with Crippen molar-refractivity contribution in [3.05, 3.63) is 65.2 Å². The van der Waals surface area contributed by atoms with Crippen molar-refractivity contribution in [3.8, 4) is 0 Å². The third-order valence-electron chi connectivity index (χ3n) is 4.43. The first-order chi connectivity index (χ1) is 15.3. The van der Waals surface area contributed by atoms with Gasteiger partial charge in [-0.1, -0.05) is 18.2 Å². The second-order valence-electron chi connectivity index (χ2n) is 6.89. The van der Waals surface area contributed by atoms with Crippen molar-refractivity contribution in [2.75, 3.05) is 12.9 Å². The fourth-order valence-corrected chi connectivity index (χ4v) is 4.00. The zero-order chi connectivity index (χ0) is 24.8. The number of esters is 1. The normalized spacial score (nSPS) is 13.8. The minimum atomic E-state index is -5.05. The molecule has 180 valence electrons. The smallest absolute Gasteiger partial charge is 0.416 e. The van der Waals surface area contributed by atoms with E-state index in [0.717, 1.165) is 7.11 Å². The molecule has 2 aromatic carbocycles. The van der Waals surface area contributed by atoms with E-state index in [1.807, 2.05) is 0 Å². The number of hydrogen-bond acceptors (Lipinski definition) is 4. The molecule has 12 heteroatoms. The van der Waals surface area contributed by atoms with Gasteiger partial charge in [-0.25, -0.2) is 4.79 Å². The first kappa shape index (κ1) is 26.4. The predicted molar refractivity (Wildman–Crippen MR) is 106 cm³/mol. The van der Waals surface area contributed by atoms with Gasteiger partial charge in [0, 0.05) is 10.6 Å². The van der Waals surface area contributed by atoms with Gasteiger partial charge < -0.3 is 10.1 Å². The third kappa shape index (κ3) is 7.88. The fourth-order valence-electron chi connectivity index (χ4n) is 2.86. The minimum absolute atomic E-state index is 0.0441. The summed E-state index contributed by atoms with van der Waals surface area (Å²) in [5.41, 5.74) is -3.64. The number of ether oxygens (including phenoxy) is 1. The maximum atomic E-state index is 13.0. The van der Waals surface area contributed by atoms with Gasteiger partial charge in [-0.15, -0.1) is 0 Å².